The number of para-hydroxylation sites is 1. The first kappa shape index (κ1) is 18.6. The van der Waals surface area contributed by atoms with Gasteiger partial charge in [-0.3, -0.25) is 4.79 Å². The molecule has 1 amide bonds. The normalized spacial score (nSPS) is 12.7. The van der Waals surface area contributed by atoms with Gasteiger partial charge in [0.25, 0.3) is 5.91 Å². The molecule has 0 saturated carbocycles. The minimum absolute atomic E-state index is 0.0671. The van der Waals surface area contributed by atoms with E-state index >= 15 is 0 Å². The van der Waals surface area contributed by atoms with Crippen LogP contribution in [0.25, 0.3) is 17.5 Å². The maximum atomic E-state index is 12.1. The molecular formula is C23H20N2O4. The molecule has 6 nitrogen and oxygen atoms in total. The standard InChI is InChI=1S/C23H20N2O4/c1-15-5-2-3-7-20(15)28-14-22(27)24-17-11-9-16(10-12-17)23-25-19-13-18(26)6-4-8-21(19)29-23/h2-7,9-13,26H,8,14H2,1H3,(H,24,27). The first-order chi connectivity index (χ1) is 14.1. The van der Waals surface area contributed by atoms with E-state index in [1.165, 1.54) is 0 Å². The van der Waals surface area contributed by atoms with Crippen molar-refractivity contribution in [1.82, 2.24) is 4.98 Å². The van der Waals surface area contributed by atoms with Crippen LogP contribution in [-0.2, 0) is 11.2 Å². The second kappa shape index (κ2) is 8.06. The van der Waals surface area contributed by atoms with Crippen molar-refractivity contribution in [3.8, 4) is 17.2 Å². The van der Waals surface area contributed by atoms with E-state index in [1.54, 1.807) is 24.3 Å². The molecule has 1 aliphatic rings. The Balaban J connectivity index is 1.40. The number of carbonyl (C=O) groups is 1. The molecule has 6 heteroatoms. The number of allylic oxidation sites excluding steroid dienone is 2. The van der Waals surface area contributed by atoms with Crippen molar-refractivity contribution in [3.63, 3.8) is 0 Å². The van der Waals surface area contributed by atoms with E-state index in [2.05, 4.69) is 10.3 Å². The van der Waals surface area contributed by atoms with E-state index in [-0.39, 0.29) is 18.3 Å². The first-order valence-electron chi connectivity index (χ1n) is 9.24. The van der Waals surface area contributed by atoms with Crippen LogP contribution in [0.5, 0.6) is 5.75 Å². The Morgan fingerprint density at radius 3 is 2.79 bits per heavy atom. The van der Waals surface area contributed by atoms with Crippen LogP contribution in [0.4, 0.5) is 5.69 Å². The molecule has 0 atom stereocenters. The van der Waals surface area contributed by atoms with E-state index in [0.717, 1.165) is 11.1 Å². The molecule has 1 heterocycles. The molecule has 1 aromatic heterocycles. The monoisotopic (exact) mass is 388 g/mol. The van der Waals surface area contributed by atoms with Crippen molar-refractivity contribution in [2.45, 2.75) is 13.3 Å². The average molecular weight is 388 g/mol. The molecule has 3 aromatic rings. The van der Waals surface area contributed by atoms with Gasteiger partial charge in [-0.15, -0.1) is 0 Å². The summed E-state index contributed by atoms with van der Waals surface area (Å²) >= 11 is 0. The van der Waals surface area contributed by atoms with Gasteiger partial charge in [0.1, 0.15) is 23.0 Å². The molecule has 4 rings (SSSR count). The number of hydrogen-bond acceptors (Lipinski definition) is 5. The van der Waals surface area contributed by atoms with Gasteiger partial charge in [-0.1, -0.05) is 24.3 Å². The lowest BCUT2D eigenvalue weighted by atomic mass is 10.2. The number of nitrogens with zero attached hydrogens (tertiary/aromatic N) is 1. The third-order valence-electron chi connectivity index (χ3n) is 4.47. The van der Waals surface area contributed by atoms with Gasteiger partial charge in [-0.2, -0.15) is 0 Å². The highest BCUT2D eigenvalue weighted by molar-refractivity contribution is 5.92. The van der Waals surface area contributed by atoms with Crippen molar-refractivity contribution in [2.75, 3.05) is 11.9 Å². The van der Waals surface area contributed by atoms with Gasteiger partial charge in [0, 0.05) is 23.7 Å². The Kier molecular flexibility index (Phi) is 5.16. The summed E-state index contributed by atoms with van der Waals surface area (Å²) in [5, 5.41) is 12.5. The number of nitrogens with one attached hydrogen (secondary N) is 1. The second-order valence-corrected chi connectivity index (χ2v) is 6.68. The lowest BCUT2D eigenvalue weighted by Gasteiger charge is -2.09. The van der Waals surface area contributed by atoms with Crippen LogP contribution < -0.4 is 10.1 Å². The van der Waals surface area contributed by atoms with Crippen molar-refractivity contribution >= 4 is 17.7 Å². The van der Waals surface area contributed by atoms with Crippen molar-refractivity contribution in [2.24, 2.45) is 0 Å². The fourth-order valence-corrected chi connectivity index (χ4v) is 2.98. The molecule has 0 unspecified atom stereocenters. The number of fused-ring (bicyclic) bond motifs is 1. The molecule has 0 bridgehead atoms. The number of benzene rings is 2. The predicted molar refractivity (Wildman–Crippen MR) is 111 cm³/mol. The van der Waals surface area contributed by atoms with Crippen LogP contribution >= 0.6 is 0 Å². The van der Waals surface area contributed by atoms with Gasteiger partial charge in [0.2, 0.25) is 5.89 Å². The molecule has 0 saturated heterocycles. The Morgan fingerprint density at radius 2 is 2.00 bits per heavy atom. The second-order valence-electron chi connectivity index (χ2n) is 6.68. The largest absolute Gasteiger partial charge is 0.508 e. The fourth-order valence-electron chi connectivity index (χ4n) is 2.98. The quantitative estimate of drug-likeness (QED) is 0.663. The third-order valence-corrected chi connectivity index (χ3v) is 4.47. The summed E-state index contributed by atoms with van der Waals surface area (Å²) < 4.78 is 11.4. The smallest absolute Gasteiger partial charge is 0.262 e. The lowest BCUT2D eigenvalue weighted by molar-refractivity contribution is -0.118. The number of anilines is 1. The molecule has 0 aliphatic heterocycles. The molecule has 0 fully saturated rings. The zero-order valence-corrected chi connectivity index (χ0v) is 15.9. The van der Waals surface area contributed by atoms with Crippen LogP contribution in [0.2, 0.25) is 0 Å². The maximum Gasteiger partial charge on any atom is 0.262 e. The summed E-state index contributed by atoms with van der Waals surface area (Å²) in [7, 11) is 0. The topological polar surface area (TPSA) is 84.6 Å². The number of aryl methyl sites for hydroxylation is 1. The molecule has 146 valence electrons. The number of rotatable bonds is 5. The summed E-state index contributed by atoms with van der Waals surface area (Å²) in [5.41, 5.74) is 3.03. The SMILES string of the molecule is Cc1ccccc1OCC(=O)Nc1ccc(-c2nc3c(o2)CC=CC(O)=C3)cc1. The van der Waals surface area contributed by atoms with Crippen LogP contribution in [0.15, 0.2) is 70.9 Å². The van der Waals surface area contributed by atoms with E-state index in [0.29, 0.717) is 35.2 Å². The number of aliphatic hydroxyl groups is 1. The number of ether oxygens (including phenoxy) is 1. The average Bonchev–Trinajstić information content (AvgIpc) is 3.02. The highest BCUT2D eigenvalue weighted by Gasteiger charge is 2.15. The number of hydrogen-bond donors (Lipinski definition) is 2. The minimum Gasteiger partial charge on any atom is -0.508 e. The van der Waals surface area contributed by atoms with Crippen molar-refractivity contribution < 1.29 is 19.1 Å². The van der Waals surface area contributed by atoms with Crippen LogP contribution in [-0.4, -0.2) is 22.6 Å². The highest BCUT2D eigenvalue weighted by Crippen LogP contribution is 2.26. The molecule has 2 N–H and O–H groups in total. The molecule has 0 spiro atoms. The Morgan fingerprint density at radius 1 is 1.21 bits per heavy atom. The van der Waals surface area contributed by atoms with Crippen LogP contribution in [0, 0.1) is 6.92 Å². The fraction of sp³-hybridized carbons (Fsp3) is 0.130. The Bertz CT molecular complexity index is 1090. The van der Waals surface area contributed by atoms with E-state index in [1.807, 2.05) is 49.4 Å². The van der Waals surface area contributed by atoms with Crippen LogP contribution in [0.1, 0.15) is 17.0 Å². The van der Waals surface area contributed by atoms with Crippen molar-refractivity contribution in [1.29, 1.82) is 0 Å². The van der Waals surface area contributed by atoms with Gasteiger partial charge in [0.05, 0.1) is 0 Å². The number of aliphatic hydroxyl groups excluding tert-OH is 1. The summed E-state index contributed by atoms with van der Waals surface area (Å²) in [4.78, 5) is 16.6. The van der Waals surface area contributed by atoms with Gasteiger partial charge in [0.15, 0.2) is 6.61 Å². The van der Waals surface area contributed by atoms with Gasteiger partial charge < -0.3 is 19.6 Å². The summed E-state index contributed by atoms with van der Waals surface area (Å²) in [5.74, 6) is 1.77. The van der Waals surface area contributed by atoms with Gasteiger partial charge in [-0.25, -0.2) is 4.98 Å². The van der Waals surface area contributed by atoms with E-state index in [4.69, 9.17) is 9.15 Å². The number of amides is 1. The predicted octanol–water partition coefficient (Wildman–Crippen LogP) is 4.68. The molecule has 29 heavy (non-hydrogen) atoms. The van der Waals surface area contributed by atoms with E-state index in [9.17, 15) is 9.90 Å². The van der Waals surface area contributed by atoms with E-state index < -0.39 is 0 Å². The Hall–Kier alpha value is -3.80. The minimum atomic E-state index is -0.240. The molecular weight excluding hydrogens is 368 g/mol. The summed E-state index contributed by atoms with van der Waals surface area (Å²) in [6.45, 7) is 1.87. The summed E-state index contributed by atoms with van der Waals surface area (Å²) in [6, 6.07) is 14.8. The summed E-state index contributed by atoms with van der Waals surface area (Å²) in [6.07, 6.45) is 5.59. The number of carbonyl (C=O) groups excluding carboxylic acids is 1. The first-order valence-corrected chi connectivity index (χ1v) is 9.24. The highest BCUT2D eigenvalue weighted by atomic mass is 16.5. The lowest BCUT2D eigenvalue weighted by Crippen LogP contribution is -2.20. The van der Waals surface area contributed by atoms with Crippen molar-refractivity contribution in [3.05, 3.63) is 83.5 Å². The van der Waals surface area contributed by atoms with Gasteiger partial charge in [-0.05, 0) is 48.9 Å². The number of aromatic nitrogens is 1. The third kappa shape index (κ3) is 4.38. The molecule has 0 radical (unpaired) electrons. The number of oxazole rings is 1. The van der Waals surface area contributed by atoms with Crippen LogP contribution in [0.3, 0.4) is 0 Å². The molecule has 2 aromatic carbocycles. The Labute approximate surface area is 168 Å². The zero-order chi connectivity index (χ0) is 20.2. The molecule has 1 aliphatic carbocycles. The maximum absolute atomic E-state index is 12.1. The van der Waals surface area contributed by atoms with Gasteiger partial charge >= 0.3 is 0 Å². The zero-order valence-electron chi connectivity index (χ0n) is 15.9.